The van der Waals surface area contributed by atoms with Crippen LogP contribution in [-0.4, -0.2) is 64.0 Å². The Labute approximate surface area is 178 Å². The van der Waals surface area contributed by atoms with Crippen LogP contribution >= 0.6 is 0 Å². The first-order valence-electron chi connectivity index (χ1n) is 10.3. The number of amides is 2. The number of carbonyl (C=O) groups excluding carboxylic acids is 1. The lowest BCUT2D eigenvalue weighted by Crippen LogP contribution is -2.35. The average molecular weight is 418 g/mol. The number of nitrogens with one attached hydrogen (secondary N) is 2. The summed E-state index contributed by atoms with van der Waals surface area (Å²) in [4.78, 5) is 14.3. The molecule has 0 bridgehead atoms. The number of hydrogen-bond acceptors (Lipinski definition) is 4. The van der Waals surface area contributed by atoms with E-state index in [1.807, 2.05) is 42.5 Å². The molecule has 30 heavy (non-hydrogen) atoms. The maximum Gasteiger partial charge on any atom is 0.319 e. The Bertz CT molecular complexity index is 713. The Morgan fingerprint density at radius 3 is 2.47 bits per heavy atom. The number of halogens is 1. The van der Waals surface area contributed by atoms with Gasteiger partial charge in [-0.15, -0.1) is 0 Å². The summed E-state index contributed by atoms with van der Waals surface area (Å²) in [5.74, 6) is -0.220. The molecule has 164 valence electrons. The Hall–Kier alpha value is -2.48. The summed E-state index contributed by atoms with van der Waals surface area (Å²) in [6.45, 7) is 4.82. The summed E-state index contributed by atoms with van der Waals surface area (Å²) in [6.07, 6.45) is 1.66. The van der Waals surface area contributed by atoms with E-state index in [4.69, 9.17) is 9.47 Å². The molecule has 0 aliphatic carbocycles. The predicted octanol–water partition coefficient (Wildman–Crippen LogP) is 3.55. The molecule has 0 unspecified atom stereocenters. The molecule has 2 aromatic rings. The highest BCUT2D eigenvalue weighted by Crippen LogP contribution is 2.06. The number of methoxy groups -OCH3 is 1. The van der Waals surface area contributed by atoms with Crippen LogP contribution in [0, 0.1) is 5.82 Å². The predicted molar refractivity (Wildman–Crippen MR) is 117 cm³/mol. The highest BCUT2D eigenvalue weighted by molar-refractivity contribution is 5.89. The normalized spacial score (nSPS) is 10.9. The van der Waals surface area contributed by atoms with Crippen LogP contribution in [0.15, 0.2) is 54.6 Å². The van der Waals surface area contributed by atoms with Gasteiger partial charge in [0.25, 0.3) is 0 Å². The fourth-order valence-corrected chi connectivity index (χ4v) is 2.91. The monoisotopic (exact) mass is 417 g/mol. The number of carbonyl (C=O) groups is 1. The van der Waals surface area contributed by atoms with Crippen molar-refractivity contribution in [1.82, 2.24) is 10.2 Å². The van der Waals surface area contributed by atoms with Gasteiger partial charge in [0, 0.05) is 32.4 Å². The Morgan fingerprint density at radius 2 is 1.73 bits per heavy atom. The largest absolute Gasteiger partial charge is 0.382 e. The van der Waals surface area contributed by atoms with E-state index >= 15 is 0 Å². The highest BCUT2D eigenvalue weighted by atomic mass is 19.1. The van der Waals surface area contributed by atoms with E-state index in [1.165, 1.54) is 12.1 Å². The number of urea groups is 1. The summed E-state index contributed by atoms with van der Waals surface area (Å²) >= 11 is 0. The average Bonchev–Trinajstić information content (AvgIpc) is 2.76. The minimum atomic E-state index is -0.220. The molecule has 2 N–H and O–H groups in total. The van der Waals surface area contributed by atoms with Gasteiger partial charge in [0.1, 0.15) is 5.82 Å². The molecule has 0 aliphatic heterocycles. The first kappa shape index (κ1) is 23.8. The summed E-state index contributed by atoms with van der Waals surface area (Å²) < 4.78 is 23.7. The lowest BCUT2D eigenvalue weighted by atomic mass is 10.1. The smallest absolute Gasteiger partial charge is 0.319 e. The molecule has 0 fully saturated rings. The van der Waals surface area contributed by atoms with Gasteiger partial charge in [-0.25, -0.2) is 9.18 Å². The van der Waals surface area contributed by atoms with Crippen molar-refractivity contribution in [3.8, 4) is 0 Å². The fourth-order valence-electron chi connectivity index (χ4n) is 2.91. The third-order valence-corrected chi connectivity index (χ3v) is 4.58. The summed E-state index contributed by atoms with van der Waals surface area (Å²) in [6, 6.07) is 15.8. The number of nitrogens with zero attached hydrogens (tertiary/aromatic N) is 1. The highest BCUT2D eigenvalue weighted by Gasteiger charge is 2.07. The lowest BCUT2D eigenvalue weighted by Gasteiger charge is -2.22. The van der Waals surface area contributed by atoms with Crippen LogP contribution in [0.5, 0.6) is 0 Å². The van der Waals surface area contributed by atoms with E-state index in [9.17, 15) is 9.18 Å². The summed E-state index contributed by atoms with van der Waals surface area (Å²) in [5, 5.41) is 5.69. The number of hydrogen-bond donors (Lipinski definition) is 2. The third-order valence-electron chi connectivity index (χ3n) is 4.58. The number of rotatable bonds is 14. The van der Waals surface area contributed by atoms with Gasteiger partial charge in [-0.05, 0) is 49.2 Å². The molecule has 2 rings (SSSR count). The first-order chi connectivity index (χ1) is 14.7. The van der Waals surface area contributed by atoms with Gasteiger partial charge in [-0.3, -0.25) is 0 Å². The van der Waals surface area contributed by atoms with Crippen molar-refractivity contribution in [3.05, 3.63) is 66.0 Å². The van der Waals surface area contributed by atoms with Gasteiger partial charge in [0.15, 0.2) is 0 Å². The lowest BCUT2D eigenvalue weighted by molar-refractivity contribution is 0.0571. The van der Waals surface area contributed by atoms with Crippen molar-refractivity contribution in [1.29, 1.82) is 0 Å². The van der Waals surface area contributed by atoms with Crippen molar-refractivity contribution in [2.24, 2.45) is 0 Å². The SMILES string of the molecule is COCCOCCN(CCCNC(=O)Nc1ccccc1)CCc1ccc(F)cc1. The third kappa shape index (κ3) is 10.3. The Kier molecular flexibility index (Phi) is 11.5. The van der Waals surface area contributed by atoms with Crippen molar-refractivity contribution >= 4 is 11.7 Å². The molecule has 0 aromatic heterocycles. The minimum absolute atomic E-state index is 0.207. The molecule has 0 atom stereocenters. The molecule has 0 aliphatic rings. The molecule has 0 heterocycles. The zero-order valence-corrected chi connectivity index (χ0v) is 17.6. The molecule has 2 amide bonds. The van der Waals surface area contributed by atoms with Gasteiger partial charge < -0.3 is 25.0 Å². The van der Waals surface area contributed by atoms with E-state index in [0.717, 1.165) is 43.7 Å². The molecule has 2 aromatic carbocycles. The second-order valence-corrected chi connectivity index (χ2v) is 6.92. The summed E-state index contributed by atoms with van der Waals surface area (Å²) in [5.41, 5.74) is 1.87. The molecule has 0 saturated heterocycles. The van der Waals surface area contributed by atoms with Crippen molar-refractivity contribution in [2.45, 2.75) is 12.8 Å². The van der Waals surface area contributed by atoms with Gasteiger partial charge in [0.05, 0.1) is 19.8 Å². The van der Waals surface area contributed by atoms with Crippen LogP contribution in [0.25, 0.3) is 0 Å². The van der Waals surface area contributed by atoms with E-state index in [1.54, 1.807) is 7.11 Å². The Balaban J connectivity index is 1.70. The number of anilines is 1. The standard InChI is InChI=1S/C23H32FN3O3/c1-29-18-19-30-17-16-27(15-12-20-8-10-21(24)11-9-20)14-5-13-25-23(28)26-22-6-3-2-4-7-22/h2-4,6-11H,5,12-19H2,1H3,(H2,25,26,28). The van der Waals surface area contributed by atoms with Gasteiger partial charge in [-0.1, -0.05) is 30.3 Å². The van der Waals surface area contributed by atoms with Gasteiger partial charge in [-0.2, -0.15) is 0 Å². The van der Waals surface area contributed by atoms with Crippen LogP contribution in [-0.2, 0) is 15.9 Å². The van der Waals surface area contributed by atoms with Crippen LogP contribution in [0.4, 0.5) is 14.9 Å². The zero-order chi connectivity index (χ0) is 21.4. The molecule has 0 spiro atoms. The number of para-hydroxylation sites is 1. The van der Waals surface area contributed by atoms with Crippen LogP contribution in [0.1, 0.15) is 12.0 Å². The first-order valence-corrected chi connectivity index (χ1v) is 10.3. The van der Waals surface area contributed by atoms with E-state index in [-0.39, 0.29) is 11.8 Å². The quantitative estimate of drug-likeness (QED) is 0.462. The molecule has 7 heteroatoms. The Morgan fingerprint density at radius 1 is 0.967 bits per heavy atom. The van der Waals surface area contributed by atoms with E-state index in [2.05, 4.69) is 15.5 Å². The van der Waals surface area contributed by atoms with Gasteiger partial charge in [0.2, 0.25) is 0 Å². The molecule has 0 saturated carbocycles. The number of benzene rings is 2. The van der Waals surface area contributed by atoms with E-state index < -0.39 is 0 Å². The topological polar surface area (TPSA) is 62.8 Å². The molecule has 0 radical (unpaired) electrons. The zero-order valence-electron chi connectivity index (χ0n) is 17.6. The van der Waals surface area contributed by atoms with Crippen molar-refractivity contribution < 1.29 is 18.7 Å². The second-order valence-electron chi connectivity index (χ2n) is 6.92. The minimum Gasteiger partial charge on any atom is -0.382 e. The van der Waals surface area contributed by atoms with Crippen LogP contribution < -0.4 is 10.6 Å². The molecular formula is C23H32FN3O3. The van der Waals surface area contributed by atoms with E-state index in [0.29, 0.717) is 26.4 Å². The van der Waals surface area contributed by atoms with Crippen LogP contribution in [0.2, 0.25) is 0 Å². The molecular weight excluding hydrogens is 385 g/mol. The fraction of sp³-hybridized carbons (Fsp3) is 0.435. The van der Waals surface area contributed by atoms with Crippen molar-refractivity contribution in [3.63, 3.8) is 0 Å². The summed E-state index contributed by atoms with van der Waals surface area (Å²) in [7, 11) is 1.65. The maximum absolute atomic E-state index is 13.1. The van der Waals surface area contributed by atoms with Crippen molar-refractivity contribution in [2.75, 3.05) is 58.4 Å². The van der Waals surface area contributed by atoms with Gasteiger partial charge >= 0.3 is 6.03 Å². The number of ether oxygens (including phenoxy) is 2. The second kappa shape index (κ2) is 14.5. The molecule has 6 nitrogen and oxygen atoms in total. The van der Waals surface area contributed by atoms with Crippen LogP contribution in [0.3, 0.4) is 0 Å². The maximum atomic E-state index is 13.1.